The van der Waals surface area contributed by atoms with Crippen molar-refractivity contribution in [3.8, 4) is 0 Å². The van der Waals surface area contributed by atoms with Crippen molar-refractivity contribution in [1.82, 2.24) is 0 Å². The highest BCUT2D eigenvalue weighted by atomic mass is 16.4. The minimum Gasteiger partial charge on any atom is -0.481 e. The van der Waals surface area contributed by atoms with Crippen LogP contribution in [0.5, 0.6) is 0 Å². The number of aliphatic carboxylic acids is 1. The Morgan fingerprint density at radius 1 is 1.21 bits per heavy atom. The number of allylic oxidation sites excluding steroid dienone is 3. The van der Waals surface area contributed by atoms with Gasteiger partial charge in [0.25, 0.3) is 0 Å². The predicted molar refractivity (Wildman–Crippen MR) is 111 cm³/mol. The molecule has 28 heavy (non-hydrogen) atoms. The van der Waals surface area contributed by atoms with Crippen molar-refractivity contribution in [3.05, 3.63) is 60.2 Å². The van der Waals surface area contributed by atoms with E-state index >= 15 is 0 Å². The van der Waals surface area contributed by atoms with Crippen LogP contribution in [0.15, 0.2) is 54.6 Å². The highest BCUT2D eigenvalue weighted by molar-refractivity contribution is 5.87. The molecule has 0 unspecified atom stereocenters. The first-order valence-electron chi connectivity index (χ1n) is 10.1. The second-order valence-corrected chi connectivity index (χ2v) is 8.15. The summed E-state index contributed by atoms with van der Waals surface area (Å²) in [6.07, 6.45) is 11.0. The number of hydrogen-bond donors (Lipinski definition) is 2. The van der Waals surface area contributed by atoms with E-state index < -0.39 is 18.0 Å². The van der Waals surface area contributed by atoms with Gasteiger partial charge in [-0.15, -0.1) is 0 Å². The van der Waals surface area contributed by atoms with Gasteiger partial charge in [-0.05, 0) is 37.7 Å². The number of aliphatic hydroxyl groups excluding tert-OH is 1. The van der Waals surface area contributed by atoms with E-state index in [1.165, 1.54) is 0 Å². The van der Waals surface area contributed by atoms with E-state index in [-0.39, 0.29) is 17.1 Å². The molecular formula is C24H32O4. The number of benzene rings is 1. The molecule has 2 N–H and O–H groups in total. The molecule has 1 aliphatic rings. The second kappa shape index (κ2) is 10.4. The molecule has 3 atom stereocenters. The minimum atomic E-state index is -0.861. The molecule has 1 aromatic rings. The van der Waals surface area contributed by atoms with Crippen LogP contribution in [0.2, 0.25) is 0 Å². The summed E-state index contributed by atoms with van der Waals surface area (Å²) in [7, 11) is 0. The number of carbonyl (C=O) groups excluding carboxylic acids is 1. The molecule has 1 aromatic carbocycles. The summed E-state index contributed by atoms with van der Waals surface area (Å²) in [5, 5.41) is 19.9. The molecule has 4 heteroatoms. The highest BCUT2D eigenvalue weighted by Gasteiger charge is 2.35. The zero-order valence-corrected chi connectivity index (χ0v) is 16.9. The molecule has 0 bridgehead atoms. The standard InChI is InChI=1S/C24H32O4/c1-24(2,18-12-7-6-8-13-18)22(26)17-10-5-3-4-9-14-20(23(27)28)19-15-11-16-21(19)25/h3-4,6-8,10,12-13,17,19-20,22,26H,5,9,11,14-16H2,1-2H3,(H,27,28)/t19-,20+,22-/m1/s1. The Kier molecular flexibility index (Phi) is 8.18. The largest absolute Gasteiger partial charge is 0.481 e. The van der Waals surface area contributed by atoms with E-state index in [0.29, 0.717) is 32.1 Å². The van der Waals surface area contributed by atoms with Crippen LogP contribution in [0.25, 0.3) is 0 Å². The van der Waals surface area contributed by atoms with Crippen molar-refractivity contribution >= 4 is 11.8 Å². The molecule has 0 spiro atoms. The minimum absolute atomic E-state index is 0.106. The molecule has 0 heterocycles. The Bertz CT molecular complexity index is 703. The van der Waals surface area contributed by atoms with Gasteiger partial charge < -0.3 is 10.2 Å². The first-order chi connectivity index (χ1) is 13.3. The molecule has 0 aliphatic heterocycles. The quantitative estimate of drug-likeness (QED) is 0.575. The van der Waals surface area contributed by atoms with Gasteiger partial charge >= 0.3 is 5.97 Å². The summed E-state index contributed by atoms with van der Waals surface area (Å²) in [6.45, 7) is 4.03. The average molecular weight is 385 g/mol. The maximum absolute atomic E-state index is 11.8. The molecule has 4 nitrogen and oxygen atoms in total. The Labute approximate surface area is 168 Å². The van der Waals surface area contributed by atoms with Crippen molar-refractivity contribution < 1.29 is 19.8 Å². The van der Waals surface area contributed by atoms with Gasteiger partial charge in [0.05, 0.1) is 12.0 Å². The van der Waals surface area contributed by atoms with Gasteiger partial charge in [0.1, 0.15) is 5.78 Å². The van der Waals surface area contributed by atoms with E-state index in [0.717, 1.165) is 12.0 Å². The number of rotatable bonds is 10. The fourth-order valence-electron chi connectivity index (χ4n) is 3.82. The first-order valence-corrected chi connectivity index (χ1v) is 10.1. The summed E-state index contributed by atoms with van der Waals surface area (Å²) in [4.78, 5) is 23.3. The average Bonchev–Trinajstić information content (AvgIpc) is 3.09. The van der Waals surface area contributed by atoms with Gasteiger partial charge in [0.15, 0.2) is 0 Å². The van der Waals surface area contributed by atoms with Crippen LogP contribution < -0.4 is 0 Å². The summed E-state index contributed by atoms with van der Waals surface area (Å²) in [5.41, 5.74) is 0.716. The van der Waals surface area contributed by atoms with E-state index in [2.05, 4.69) is 0 Å². The van der Waals surface area contributed by atoms with Gasteiger partial charge in [-0.25, -0.2) is 0 Å². The highest BCUT2D eigenvalue weighted by Crippen LogP contribution is 2.31. The third-order valence-electron chi connectivity index (χ3n) is 5.81. The Morgan fingerprint density at radius 3 is 2.54 bits per heavy atom. The van der Waals surface area contributed by atoms with Crippen molar-refractivity contribution in [1.29, 1.82) is 0 Å². The van der Waals surface area contributed by atoms with Crippen molar-refractivity contribution in [2.45, 2.75) is 63.9 Å². The number of Topliss-reactive ketones (excluding diaryl/α,β-unsaturated/α-hetero) is 1. The molecule has 1 saturated carbocycles. The van der Waals surface area contributed by atoms with E-state index in [9.17, 15) is 19.8 Å². The normalized spacial score (nSPS) is 20.1. The fourth-order valence-corrected chi connectivity index (χ4v) is 3.82. The lowest BCUT2D eigenvalue weighted by Crippen LogP contribution is -2.31. The predicted octanol–water partition coefficient (Wildman–Crippen LogP) is 4.68. The number of carboxylic acids is 1. The number of ketones is 1. The number of carboxylic acid groups (broad SMARTS) is 1. The van der Waals surface area contributed by atoms with Crippen LogP contribution in [-0.2, 0) is 15.0 Å². The monoisotopic (exact) mass is 384 g/mol. The molecule has 152 valence electrons. The Balaban J connectivity index is 1.78. The molecule has 0 aromatic heterocycles. The second-order valence-electron chi connectivity index (χ2n) is 8.15. The number of aliphatic hydroxyl groups is 1. The molecule has 1 aliphatic carbocycles. The summed E-state index contributed by atoms with van der Waals surface area (Å²) in [5.74, 6) is -1.63. The maximum Gasteiger partial charge on any atom is 0.307 e. The number of carbonyl (C=O) groups is 2. The van der Waals surface area contributed by atoms with Crippen LogP contribution in [0.1, 0.15) is 57.9 Å². The smallest absolute Gasteiger partial charge is 0.307 e. The summed E-state index contributed by atoms with van der Waals surface area (Å²) >= 11 is 0. The van der Waals surface area contributed by atoms with Crippen LogP contribution in [0, 0.1) is 11.8 Å². The van der Waals surface area contributed by atoms with Gasteiger partial charge in [0, 0.05) is 17.8 Å². The molecule has 0 saturated heterocycles. The number of hydrogen-bond acceptors (Lipinski definition) is 3. The van der Waals surface area contributed by atoms with Crippen molar-refractivity contribution in [2.24, 2.45) is 11.8 Å². The Hall–Kier alpha value is -2.20. The van der Waals surface area contributed by atoms with Crippen LogP contribution >= 0.6 is 0 Å². The van der Waals surface area contributed by atoms with Crippen molar-refractivity contribution in [3.63, 3.8) is 0 Å². The zero-order chi connectivity index (χ0) is 20.6. The van der Waals surface area contributed by atoms with Crippen molar-refractivity contribution in [2.75, 3.05) is 0 Å². The lowest BCUT2D eigenvalue weighted by atomic mass is 9.79. The van der Waals surface area contributed by atoms with Gasteiger partial charge in [-0.1, -0.05) is 68.5 Å². The summed E-state index contributed by atoms with van der Waals surface area (Å²) in [6, 6.07) is 9.94. The first kappa shape index (κ1) is 22.1. The fraction of sp³-hybridized carbons (Fsp3) is 0.500. The Morgan fingerprint density at radius 2 is 1.93 bits per heavy atom. The molecule has 0 radical (unpaired) electrons. The van der Waals surface area contributed by atoms with Crippen LogP contribution in [0.4, 0.5) is 0 Å². The maximum atomic E-state index is 11.8. The lowest BCUT2D eigenvalue weighted by molar-refractivity contribution is -0.146. The van der Waals surface area contributed by atoms with Gasteiger partial charge in [-0.2, -0.15) is 0 Å². The molecular weight excluding hydrogens is 352 g/mol. The van der Waals surface area contributed by atoms with E-state index in [1.54, 1.807) is 0 Å². The SMILES string of the molecule is CC(C)(c1ccccc1)[C@H](O)C=CCC=CCC[C@H](C(=O)O)[C@H]1CCCC1=O. The molecule has 2 rings (SSSR count). The van der Waals surface area contributed by atoms with E-state index in [4.69, 9.17) is 0 Å². The lowest BCUT2D eigenvalue weighted by Gasteiger charge is -2.29. The third-order valence-corrected chi connectivity index (χ3v) is 5.81. The summed E-state index contributed by atoms with van der Waals surface area (Å²) < 4.78 is 0. The van der Waals surface area contributed by atoms with Crippen LogP contribution in [0.3, 0.4) is 0 Å². The third kappa shape index (κ3) is 5.90. The van der Waals surface area contributed by atoms with Crippen LogP contribution in [-0.4, -0.2) is 28.1 Å². The van der Waals surface area contributed by atoms with Gasteiger partial charge in [-0.3, -0.25) is 9.59 Å². The zero-order valence-electron chi connectivity index (χ0n) is 16.9. The van der Waals surface area contributed by atoms with Gasteiger partial charge in [0.2, 0.25) is 0 Å². The van der Waals surface area contributed by atoms with E-state index in [1.807, 2.05) is 68.5 Å². The molecule has 1 fully saturated rings. The molecule has 0 amide bonds. The topological polar surface area (TPSA) is 74.6 Å².